The summed E-state index contributed by atoms with van der Waals surface area (Å²) in [6, 6.07) is 11.2. The number of hydrogen-bond donors (Lipinski definition) is 2. The summed E-state index contributed by atoms with van der Waals surface area (Å²) in [5.74, 6) is 0.414. The summed E-state index contributed by atoms with van der Waals surface area (Å²) in [7, 11) is 0. The molecule has 0 radical (unpaired) electrons. The van der Waals surface area contributed by atoms with Crippen molar-refractivity contribution >= 4 is 23.1 Å². The van der Waals surface area contributed by atoms with Crippen LogP contribution in [0.5, 0.6) is 0 Å². The Bertz CT molecular complexity index is 635. The van der Waals surface area contributed by atoms with Gasteiger partial charge in [-0.3, -0.25) is 4.79 Å². The lowest BCUT2D eigenvalue weighted by molar-refractivity contribution is 0.102. The van der Waals surface area contributed by atoms with Gasteiger partial charge in [-0.15, -0.1) is 10.2 Å². The average molecular weight is 327 g/mol. The Morgan fingerprint density at radius 2 is 1.71 bits per heavy atom. The van der Waals surface area contributed by atoms with Crippen LogP contribution in [0.4, 0.5) is 17.2 Å². The molecule has 0 atom stereocenters. The Hall–Kier alpha value is -2.63. The van der Waals surface area contributed by atoms with Gasteiger partial charge in [0.15, 0.2) is 5.69 Å². The van der Waals surface area contributed by atoms with Crippen molar-refractivity contribution in [2.75, 3.05) is 35.2 Å². The van der Waals surface area contributed by atoms with Gasteiger partial charge in [0.2, 0.25) is 0 Å². The molecular weight excluding hydrogens is 302 g/mol. The number of aromatic nitrogens is 2. The van der Waals surface area contributed by atoms with Crippen LogP contribution in [0.1, 0.15) is 37.7 Å². The second kappa shape index (κ2) is 8.86. The number of anilines is 3. The maximum Gasteiger partial charge on any atom is 0.276 e. The predicted molar refractivity (Wildman–Crippen MR) is 98.8 cm³/mol. The Morgan fingerprint density at radius 1 is 1.00 bits per heavy atom. The van der Waals surface area contributed by atoms with E-state index in [-0.39, 0.29) is 5.91 Å². The lowest BCUT2D eigenvalue weighted by atomic mass is 10.2. The zero-order valence-corrected chi connectivity index (χ0v) is 14.5. The summed E-state index contributed by atoms with van der Waals surface area (Å²) in [5, 5.41) is 13.9. The van der Waals surface area contributed by atoms with Crippen molar-refractivity contribution in [3.8, 4) is 0 Å². The quantitative estimate of drug-likeness (QED) is 0.777. The van der Waals surface area contributed by atoms with Crippen molar-refractivity contribution in [2.24, 2.45) is 0 Å². The van der Waals surface area contributed by atoms with Crippen LogP contribution in [0.15, 0.2) is 36.4 Å². The van der Waals surface area contributed by atoms with E-state index in [1.54, 1.807) is 12.1 Å². The minimum atomic E-state index is -0.264. The topological polar surface area (TPSA) is 70.2 Å². The van der Waals surface area contributed by atoms with E-state index in [0.717, 1.165) is 37.4 Å². The van der Waals surface area contributed by atoms with E-state index in [2.05, 4.69) is 46.5 Å². The summed E-state index contributed by atoms with van der Waals surface area (Å²) in [5.41, 5.74) is 2.18. The number of rotatable bonds is 8. The molecule has 1 amide bonds. The van der Waals surface area contributed by atoms with Gasteiger partial charge < -0.3 is 15.5 Å². The van der Waals surface area contributed by atoms with Crippen molar-refractivity contribution < 1.29 is 4.79 Å². The maximum absolute atomic E-state index is 12.2. The van der Waals surface area contributed by atoms with E-state index in [1.165, 1.54) is 0 Å². The lowest BCUT2D eigenvalue weighted by Crippen LogP contribution is -2.21. The minimum absolute atomic E-state index is 0.264. The van der Waals surface area contributed by atoms with E-state index >= 15 is 0 Å². The summed E-state index contributed by atoms with van der Waals surface area (Å²) in [4.78, 5) is 14.5. The van der Waals surface area contributed by atoms with Crippen molar-refractivity contribution in [1.29, 1.82) is 0 Å². The minimum Gasteiger partial charge on any atom is -0.372 e. The third-order valence-electron chi connectivity index (χ3n) is 3.71. The number of nitrogens with zero attached hydrogens (tertiary/aromatic N) is 3. The van der Waals surface area contributed by atoms with Gasteiger partial charge in [0.25, 0.3) is 5.91 Å². The van der Waals surface area contributed by atoms with Gasteiger partial charge in [0, 0.05) is 31.0 Å². The molecule has 0 spiro atoms. The van der Waals surface area contributed by atoms with Crippen molar-refractivity contribution in [3.63, 3.8) is 0 Å². The molecule has 0 unspecified atom stereocenters. The van der Waals surface area contributed by atoms with Crippen LogP contribution < -0.4 is 15.5 Å². The van der Waals surface area contributed by atoms with Crippen molar-refractivity contribution in [1.82, 2.24) is 10.2 Å². The fourth-order valence-corrected chi connectivity index (χ4v) is 2.34. The van der Waals surface area contributed by atoms with Crippen LogP contribution in [0, 0.1) is 0 Å². The highest BCUT2D eigenvalue weighted by Crippen LogP contribution is 2.18. The largest absolute Gasteiger partial charge is 0.372 e. The van der Waals surface area contributed by atoms with E-state index in [1.807, 2.05) is 24.3 Å². The number of hydrogen-bond acceptors (Lipinski definition) is 5. The van der Waals surface area contributed by atoms with Gasteiger partial charge in [-0.1, -0.05) is 6.92 Å². The number of benzene rings is 1. The van der Waals surface area contributed by atoms with E-state index in [0.29, 0.717) is 11.5 Å². The van der Waals surface area contributed by atoms with E-state index in [4.69, 9.17) is 0 Å². The molecule has 0 saturated heterocycles. The molecule has 1 aromatic heterocycles. The molecule has 6 nitrogen and oxygen atoms in total. The van der Waals surface area contributed by atoms with Gasteiger partial charge in [-0.2, -0.15) is 0 Å². The van der Waals surface area contributed by atoms with Gasteiger partial charge >= 0.3 is 0 Å². The maximum atomic E-state index is 12.2. The standard InChI is InChI=1S/C18H25N5O/c1-4-13-19-17-12-11-16(21-22-17)18(24)20-14-7-9-15(10-8-14)23(5-2)6-3/h7-12H,4-6,13H2,1-3H3,(H,19,22)(H,20,24). The molecule has 1 heterocycles. The molecule has 1 aromatic carbocycles. The highest BCUT2D eigenvalue weighted by atomic mass is 16.1. The number of carbonyl (C=O) groups excluding carboxylic acids is 1. The molecule has 24 heavy (non-hydrogen) atoms. The monoisotopic (exact) mass is 327 g/mol. The molecule has 2 aromatic rings. The SMILES string of the molecule is CCCNc1ccc(C(=O)Nc2ccc(N(CC)CC)cc2)nn1. The van der Waals surface area contributed by atoms with Crippen molar-refractivity contribution in [3.05, 3.63) is 42.1 Å². The first-order valence-corrected chi connectivity index (χ1v) is 8.41. The first-order chi connectivity index (χ1) is 11.7. The predicted octanol–water partition coefficient (Wildman–Crippen LogP) is 3.40. The molecule has 0 saturated carbocycles. The third-order valence-corrected chi connectivity index (χ3v) is 3.71. The van der Waals surface area contributed by atoms with Crippen LogP contribution in [-0.4, -0.2) is 35.7 Å². The number of amides is 1. The molecular formula is C18H25N5O. The van der Waals surface area contributed by atoms with Gasteiger partial charge in [-0.25, -0.2) is 0 Å². The Morgan fingerprint density at radius 3 is 2.25 bits per heavy atom. The number of carbonyl (C=O) groups is 1. The lowest BCUT2D eigenvalue weighted by Gasteiger charge is -2.21. The first-order valence-electron chi connectivity index (χ1n) is 8.41. The highest BCUT2D eigenvalue weighted by Gasteiger charge is 2.09. The Labute approximate surface area is 143 Å². The Kier molecular flexibility index (Phi) is 6.54. The number of nitrogens with one attached hydrogen (secondary N) is 2. The van der Waals surface area contributed by atoms with Gasteiger partial charge in [0.1, 0.15) is 5.82 Å². The third kappa shape index (κ3) is 4.68. The fraction of sp³-hybridized carbons (Fsp3) is 0.389. The highest BCUT2D eigenvalue weighted by molar-refractivity contribution is 6.02. The van der Waals surface area contributed by atoms with Crippen LogP contribution in [0.3, 0.4) is 0 Å². The van der Waals surface area contributed by atoms with Crippen LogP contribution in [0.25, 0.3) is 0 Å². The molecule has 0 bridgehead atoms. The molecule has 0 fully saturated rings. The second-order valence-corrected chi connectivity index (χ2v) is 5.40. The Balaban J connectivity index is 1.98. The summed E-state index contributed by atoms with van der Waals surface area (Å²) < 4.78 is 0. The molecule has 0 aliphatic rings. The van der Waals surface area contributed by atoms with Gasteiger partial charge in [-0.05, 0) is 56.7 Å². The van der Waals surface area contributed by atoms with Gasteiger partial charge in [0.05, 0.1) is 0 Å². The van der Waals surface area contributed by atoms with E-state index in [9.17, 15) is 4.79 Å². The van der Waals surface area contributed by atoms with Crippen LogP contribution >= 0.6 is 0 Å². The second-order valence-electron chi connectivity index (χ2n) is 5.40. The molecule has 2 rings (SSSR count). The zero-order chi connectivity index (χ0) is 17.4. The summed E-state index contributed by atoms with van der Waals surface area (Å²) >= 11 is 0. The fourth-order valence-electron chi connectivity index (χ4n) is 2.34. The van der Waals surface area contributed by atoms with Crippen LogP contribution in [0.2, 0.25) is 0 Å². The molecule has 128 valence electrons. The molecule has 6 heteroatoms. The van der Waals surface area contributed by atoms with Crippen LogP contribution in [-0.2, 0) is 0 Å². The smallest absolute Gasteiger partial charge is 0.276 e. The normalized spacial score (nSPS) is 10.3. The zero-order valence-electron chi connectivity index (χ0n) is 14.5. The molecule has 2 N–H and O–H groups in total. The molecule has 0 aliphatic heterocycles. The van der Waals surface area contributed by atoms with E-state index < -0.39 is 0 Å². The first kappa shape index (κ1) is 17.7. The van der Waals surface area contributed by atoms with Crippen molar-refractivity contribution in [2.45, 2.75) is 27.2 Å². The summed E-state index contributed by atoms with van der Waals surface area (Å²) in [6.07, 6.45) is 1.01. The molecule has 0 aliphatic carbocycles. The summed E-state index contributed by atoms with van der Waals surface area (Å²) in [6.45, 7) is 9.06. The average Bonchev–Trinajstić information content (AvgIpc) is 2.62.